The van der Waals surface area contributed by atoms with Crippen LogP contribution in [0.4, 0.5) is 5.69 Å². The van der Waals surface area contributed by atoms with Gasteiger partial charge in [0, 0.05) is 24.4 Å². The van der Waals surface area contributed by atoms with Crippen molar-refractivity contribution in [3.8, 4) is 5.75 Å². The summed E-state index contributed by atoms with van der Waals surface area (Å²) in [6.07, 6.45) is 3.25. The van der Waals surface area contributed by atoms with Gasteiger partial charge in [-0.05, 0) is 36.8 Å². The molecular formula is C18H26N2O4S. The molecule has 2 rings (SSSR count). The molecule has 0 N–H and O–H groups in total. The quantitative estimate of drug-likeness (QED) is 0.464. The first-order valence-electron chi connectivity index (χ1n) is 8.61. The van der Waals surface area contributed by atoms with E-state index < -0.39 is 4.92 Å². The number of carbonyl (C=O) groups is 1. The van der Waals surface area contributed by atoms with E-state index in [1.807, 2.05) is 4.90 Å². The summed E-state index contributed by atoms with van der Waals surface area (Å²) in [4.78, 5) is 25.1. The van der Waals surface area contributed by atoms with Crippen LogP contribution in [0.2, 0.25) is 0 Å². The van der Waals surface area contributed by atoms with Crippen LogP contribution in [-0.2, 0) is 10.5 Å². The van der Waals surface area contributed by atoms with Crippen LogP contribution in [0.15, 0.2) is 18.2 Å². The lowest BCUT2D eigenvalue weighted by Crippen LogP contribution is -2.35. The van der Waals surface area contributed by atoms with Gasteiger partial charge in [-0.1, -0.05) is 19.9 Å². The zero-order valence-electron chi connectivity index (χ0n) is 15.1. The summed E-state index contributed by atoms with van der Waals surface area (Å²) in [7, 11) is 1.42. The van der Waals surface area contributed by atoms with Gasteiger partial charge in [0.05, 0.1) is 17.8 Å². The smallest absolute Gasteiger partial charge is 0.311 e. The molecule has 138 valence electrons. The molecule has 0 aromatic heterocycles. The number of carbonyl (C=O) groups excluding carboxylic acids is 1. The van der Waals surface area contributed by atoms with Crippen molar-refractivity contribution in [3.63, 3.8) is 0 Å². The molecule has 0 radical (unpaired) electrons. The van der Waals surface area contributed by atoms with Gasteiger partial charge in [0.25, 0.3) is 0 Å². The molecule has 1 saturated carbocycles. The van der Waals surface area contributed by atoms with E-state index in [0.29, 0.717) is 23.5 Å². The molecule has 7 heteroatoms. The third-order valence-electron chi connectivity index (χ3n) is 4.19. The SMILES string of the molecule is COc1ccc(CSCC(=O)N(CCC(C)C)C2CC2)cc1[N+](=O)[O-]. The number of methoxy groups -OCH3 is 1. The molecule has 1 aliphatic carbocycles. The van der Waals surface area contributed by atoms with E-state index in [-0.39, 0.29) is 17.3 Å². The fraction of sp³-hybridized carbons (Fsp3) is 0.611. The van der Waals surface area contributed by atoms with E-state index in [1.54, 1.807) is 12.1 Å². The molecule has 1 amide bonds. The lowest BCUT2D eigenvalue weighted by molar-refractivity contribution is -0.385. The van der Waals surface area contributed by atoms with Crippen LogP contribution in [0.1, 0.15) is 38.7 Å². The minimum Gasteiger partial charge on any atom is -0.490 e. The number of ether oxygens (including phenoxy) is 1. The number of hydrogen-bond donors (Lipinski definition) is 0. The Hall–Kier alpha value is -1.76. The first-order chi connectivity index (χ1) is 11.9. The van der Waals surface area contributed by atoms with Crippen molar-refractivity contribution >= 4 is 23.4 Å². The topological polar surface area (TPSA) is 72.7 Å². The second-order valence-corrected chi connectivity index (χ2v) is 7.74. The Morgan fingerprint density at radius 2 is 2.16 bits per heavy atom. The van der Waals surface area contributed by atoms with E-state index in [2.05, 4.69) is 13.8 Å². The Balaban J connectivity index is 1.87. The highest BCUT2D eigenvalue weighted by Crippen LogP contribution is 2.30. The van der Waals surface area contributed by atoms with Crippen LogP contribution in [-0.4, -0.2) is 41.2 Å². The van der Waals surface area contributed by atoms with Gasteiger partial charge in [0.15, 0.2) is 5.75 Å². The predicted molar refractivity (Wildman–Crippen MR) is 100 cm³/mol. The van der Waals surface area contributed by atoms with Gasteiger partial charge in [-0.25, -0.2) is 0 Å². The monoisotopic (exact) mass is 366 g/mol. The fourth-order valence-electron chi connectivity index (χ4n) is 2.60. The number of nitro groups is 1. The average molecular weight is 366 g/mol. The van der Waals surface area contributed by atoms with Crippen LogP contribution in [0.3, 0.4) is 0 Å². The number of nitro benzene ring substituents is 1. The van der Waals surface area contributed by atoms with Crippen LogP contribution in [0.25, 0.3) is 0 Å². The maximum atomic E-state index is 12.5. The van der Waals surface area contributed by atoms with Crippen molar-refractivity contribution in [1.29, 1.82) is 0 Å². The van der Waals surface area contributed by atoms with E-state index in [9.17, 15) is 14.9 Å². The standard InChI is InChI=1S/C18H26N2O4S/c1-13(2)8-9-19(15-5-6-15)18(21)12-25-11-14-4-7-17(24-3)16(10-14)20(22)23/h4,7,10,13,15H,5-6,8-9,11-12H2,1-3H3. The number of rotatable bonds is 10. The first kappa shape index (κ1) is 19.6. The van der Waals surface area contributed by atoms with Gasteiger partial charge in [0.2, 0.25) is 5.91 Å². The lowest BCUT2D eigenvalue weighted by Gasteiger charge is -2.23. The van der Waals surface area contributed by atoms with Crippen molar-refractivity contribution in [1.82, 2.24) is 4.90 Å². The Labute approximate surface area is 153 Å². The van der Waals surface area contributed by atoms with E-state index in [0.717, 1.165) is 31.4 Å². The molecule has 6 nitrogen and oxygen atoms in total. The summed E-state index contributed by atoms with van der Waals surface area (Å²) in [5.41, 5.74) is 0.786. The summed E-state index contributed by atoms with van der Waals surface area (Å²) in [6, 6.07) is 5.36. The van der Waals surface area contributed by atoms with Crippen LogP contribution in [0.5, 0.6) is 5.75 Å². The summed E-state index contributed by atoms with van der Waals surface area (Å²) >= 11 is 1.50. The highest BCUT2D eigenvalue weighted by Gasteiger charge is 2.32. The molecule has 0 heterocycles. The molecule has 1 aromatic carbocycles. The van der Waals surface area contributed by atoms with Crippen LogP contribution < -0.4 is 4.74 Å². The first-order valence-corrected chi connectivity index (χ1v) is 9.76. The molecule has 0 bridgehead atoms. The number of amides is 1. The zero-order chi connectivity index (χ0) is 18.4. The van der Waals surface area contributed by atoms with Crippen LogP contribution in [0, 0.1) is 16.0 Å². The molecular weight excluding hydrogens is 340 g/mol. The maximum Gasteiger partial charge on any atom is 0.311 e. The van der Waals surface area contributed by atoms with Gasteiger partial charge in [-0.3, -0.25) is 14.9 Å². The van der Waals surface area contributed by atoms with E-state index in [1.165, 1.54) is 24.9 Å². The molecule has 0 atom stereocenters. The second-order valence-electron chi connectivity index (χ2n) is 6.76. The maximum absolute atomic E-state index is 12.5. The Bertz CT molecular complexity index is 617. The fourth-order valence-corrected chi connectivity index (χ4v) is 3.46. The molecule has 0 unspecified atom stereocenters. The van der Waals surface area contributed by atoms with Gasteiger partial charge < -0.3 is 9.64 Å². The molecule has 0 aliphatic heterocycles. The normalized spacial score (nSPS) is 13.8. The predicted octanol–water partition coefficient (Wildman–Crippen LogP) is 3.87. The highest BCUT2D eigenvalue weighted by atomic mass is 32.2. The number of benzene rings is 1. The number of nitrogens with zero attached hydrogens (tertiary/aromatic N) is 2. The van der Waals surface area contributed by atoms with Gasteiger partial charge >= 0.3 is 5.69 Å². The Morgan fingerprint density at radius 3 is 2.72 bits per heavy atom. The van der Waals surface area contributed by atoms with Gasteiger partial charge in [0.1, 0.15) is 0 Å². The molecule has 1 fully saturated rings. The Kier molecular flexibility index (Phi) is 7.11. The highest BCUT2D eigenvalue weighted by molar-refractivity contribution is 7.99. The molecule has 1 aromatic rings. The van der Waals surface area contributed by atoms with Crippen molar-refractivity contribution in [2.75, 3.05) is 19.4 Å². The summed E-state index contributed by atoms with van der Waals surface area (Å²) < 4.78 is 5.01. The van der Waals surface area contributed by atoms with E-state index in [4.69, 9.17) is 4.74 Å². The van der Waals surface area contributed by atoms with Crippen molar-refractivity contribution in [2.24, 2.45) is 5.92 Å². The average Bonchev–Trinajstić information content (AvgIpc) is 3.39. The third kappa shape index (κ3) is 5.92. The third-order valence-corrected chi connectivity index (χ3v) is 5.18. The number of hydrogen-bond acceptors (Lipinski definition) is 5. The van der Waals surface area contributed by atoms with Gasteiger partial charge in [-0.2, -0.15) is 0 Å². The van der Waals surface area contributed by atoms with Crippen molar-refractivity contribution in [2.45, 2.75) is 44.9 Å². The minimum absolute atomic E-state index is 0.0385. The minimum atomic E-state index is -0.446. The molecule has 25 heavy (non-hydrogen) atoms. The Morgan fingerprint density at radius 1 is 1.44 bits per heavy atom. The molecule has 0 saturated heterocycles. The van der Waals surface area contributed by atoms with E-state index >= 15 is 0 Å². The summed E-state index contributed by atoms with van der Waals surface area (Å²) in [5, 5.41) is 11.1. The summed E-state index contributed by atoms with van der Waals surface area (Å²) in [5.74, 6) is 1.99. The summed E-state index contributed by atoms with van der Waals surface area (Å²) in [6.45, 7) is 5.16. The van der Waals surface area contributed by atoms with Crippen molar-refractivity contribution in [3.05, 3.63) is 33.9 Å². The number of thioether (sulfide) groups is 1. The largest absolute Gasteiger partial charge is 0.490 e. The lowest BCUT2D eigenvalue weighted by atomic mass is 10.1. The van der Waals surface area contributed by atoms with Gasteiger partial charge in [-0.15, -0.1) is 11.8 Å². The molecule has 1 aliphatic rings. The second kappa shape index (κ2) is 9.08. The van der Waals surface area contributed by atoms with Crippen molar-refractivity contribution < 1.29 is 14.5 Å². The van der Waals surface area contributed by atoms with Crippen LogP contribution >= 0.6 is 11.8 Å². The molecule has 0 spiro atoms. The zero-order valence-corrected chi connectivity index (χ0v) is 15.9.